The van der Waals surface area contributed by atoms with Gasteiger partial charge in [-0.3, -0.25) is 0 Å². The van der Waals surface area contributed by atoms with Crippen LogP contribution >= 0.6 is 11.3 Å². The lowest BCUT2D eigenvalue weighted by molar-refractivity contribution is 0.203. The van der Waals surface area contributed by atoms with E-state index < -0.39 is 0 Å². The number of aromatic amines is 1. The number of benzene rings is 1. The largest absolute Gasteiger partial charge is 0.355 e. The molecule has 0 unspecified atom stereocenters. The highest BCUT2D eigenvalue weighted by Crippen LogP contribution is 2.31. The molecule has 2 amide bonds. The molecule has 7 nitrogen and oxygen atoms in total. The number of amides is 2. The van der Waals surface area contributed by atoms with E-state index in [-0.39, 0.29) is 6.03 Å². The van der Waals surface area contributed by atoms with E-state index >= 15 is 0 Å². The Kier molecular flexibility index (Phi) is 4.84. The van der Waals surface area contributed by atoms with Crippen LogP contribution in [0.15, 0.2) is 48.1 Å². The third-order valence-corrected chi connectivity index (χ3v) is 6.10. The van der Waals surface area contributed by atoms with Crippen molar-refractivity contribution in [2.75, 3.05) is 25.0 Å². The number of aromatic nitrogens is 3. The Hall–Kier alpha value is -3.39. The Balaban J connectivity index is 1.40. The molecule has 3 N–H and O–H groups in total. The Morgan fingerprint density at radius 3 is 3.03 bits per heavy atom. The van der Waals surface area contributed by atoms with Gasteiger partial charge in [0.2, 0.25) is 0 Å². The van der Waals surface area contributed by atoms with E-state index in [1.54, 1.807) is 11.3 Å². The maximum absolute atomic E-state index is 12.0. The van der Waals surface area contributed by atoms with Crippen LogP contribution in [0.5, 0.6) is 0 Å². The average molecular weight is 419 g/mol. The van der Waals surface area contributed by atoms with Gasteiger partial charge in [0.15, 0.2) is 0 Å². The number of hydrogen-bond acceptors (Lipinski definition) is 5. The fourth-order valence-corrected chi connectivity index (χ4v) is 4.47. The third-order valence-electron chi connectivity index (χ3n) is 5.31. The van der Waals surface area contributed by atoms with E-state index in [4.69, 9.17) is 0 Å². The highest BCUT2D eigenvalue weighted by molar-refractivity contribution is 7.16. The number of pyridine rings is 1. The van der Waals surface area contributed by atoms with Gasteiger partial charge < -0.3 is 20.5 Å². The van der Waals surface area contributed by atoms with E-state index in [1.807, 2.05) is 41.7 Å². The number of rotatable bonds is 4. The Labute approximate surface area is 177 Å². The van der Waals surface area contributed by atoms with E-state index in [1.165, 1.54) is 5.57 Å². The third kappa shape index (κ3) is 3.50. The van der Waals surface area contributed by atoms with Gasteiger partial charge in [-0.25, -0.2) is 14.8 Å². The molecule has 0 saturated heterocycles. The second-order valence-electron chi connectivity index (χ2n) is 7.22. The van der Waals surface area contributed by atoms with Crippen LogP contribution in [0.4, 0.5) is 16.2 Å². The van der Waals surface area contributed by atoms with E-state index in [0.717, 1.165) is 44.7 Å². The topological polar surface area (TPSA) is 85.9 Å². The maximum atomic E-state index is 12.0. The van der Waals surface area contributed by atoms with Crippen LogP contribution in [0.25, 0.3) is 26.8 Å². The van der Waals surface area contributed by atoms with Gasteiger partial charge in [-0.15, -0.1) is 11.3 Å². The molecule has 5 rings (SSSR count). The van der Waals surface area contributed by atoms with Crippen molar-refractivity contribution in [3.05, 3.63) is 53.8 Å². The smallest absolute Gasteiger partial charge is 0.317 e. The van der Waals surface area contributed by atoms with Crippen LogP contribution in [0, 0.1) is 0 Å². The van der Waals surface area contributed by atoms with Crippen LogP contribution in [0.2, 0.25) is 0 Å². The first-order valence-corrected chi connectivity index (χ1v) is 10.9. The van der Waals surface area contributed by atoms with Crippen LogP contribution in [-0.2, 0) is 0 Å². The lowest BCUT2D eigenvalue weighted by Crippen LogP contribution is -2.41. The zero-order valence-corrected chi connectivity index (χ0v) is 17.4. The van der Waals surface area contributed by atoms with Crippen LogP contribution in [-0.4, -0.2) is 45.5 Å². The second kappa shape index (κ2) is 7.79. The maximum Gasteiger partial charge on any atom is 0.317 e. The molecule has 0 spiro atoms. The quantitative estimate of drug-likeness (QED) is 0.447. The first kappa shape index (κ1) is 18.6. The summed E-state index contributed by atoms with van der Waals surface area (Å²) in [7, 11) is 0. The molecular weight excluding hydrogens is 396 g/mol. The molecule has 0 bridgehead atoms. The molecule has 0 fully saturated rings. The van der Waals surface area contributed by atoms with Gasteiger partial charge in [-0.1, -0.05) is 6.08 Å². The van der Waals surface area contributed by atoms with Gasteiger partial charge in [0.25, 0.3) is 0 Å². The Morgan fingerprint density at radius 2 is 2.20 bits per heavy atom. The van der Waals surface area contributed by atoms with Gasteiger partial charge in [-0.05, 0) is 49.2 Å². The number of fused-ring (bicyclic) bond motifs is 2. The molecule has 1 aliphatic heterocycles. The molecule has 0 atom stereocenters. The zero-order valence-electron chi connectivity index (χ0n) is 16.6. The summed E-state index contributed by atoms with van der Waals surface area (Å²) < 4.78 is 1.16. The number of carbonyl (C=O) groups is 1. The molecule has 8 heteroatoms. The zero-order chi connectivity index (χ0) is 20.5. The minimum absolute atomic E-state index is 0.00416. The van der Waals surface area contributed by atoms with Crippen molar-refractivity contribution in [2.24, 2.45) is 0 Å². The van der Waals surface area contributed by atoms with Crippen molar-refractivity contribution in [1.82, 2.24) is 25.2 Å². The average Bonchev–Trinajstić information content (AvgIpc) is 3.41. The van der Waals surface area contributed by atoms with E-state index in [0.29, 0.717) is 19.6 Å². The number of anilines is 2. The van der Waals surface area contributed by atoms with E-state index in [9.17, 15) is 4.79 Å². The summed E-state index contributed by atoms with van der Waals surface area (Å²) in [6.45, 7) is 3.90. The molecule has 0 saturated carbocycles. The highest BCUT2D eigenvalue weighted by Gasteiger charge is 2.19. The SMILES string of the molecule is CCNC(=O)N1CC=C(c2cc3c(Nc4ccc5ncsc5c4)ccnc3[nH]2)CC1. The number of thiazole rings is 1. The predicted molar refractivity (Wildman–Crippen MR) is 122 cm³/mol. The fraction of sp³-hybridized carbons (Fsp3) is 0.227. The number of H-pyrrole nitrogens is 1. The molecule has 4 heterocycles. The number of hydrogen-bond donors (Lipinski definition) is 3. The molecule has 1 aromatic carbocycles. The first-order chi connectivity index (χ1) is 14.7. The summed E-state index contributed by atoms with van der Waals surface area (Å²) in [4.78, 5) is 26.1. The summed E-state index contributed by atoms with van der Waals surface area (Å²) in [5, 5.41) is 7.42. The van der Waals surface area contributed by atoms with Crippen molar-refractivity contribution in [2.45, 2.75) is 13.3 Å². The predicted octanol–water partition coefficient (Wildman–Crippen LogP) is 4.73. The second-order valence-corrected chi connectivity index (χ2v) is 8.11. The lowest BCUT2D eigenvalue weighted by Gasteiger charge is -2.26. The van der Waals surface area contributed by atoms with Crippen molar-refractivity contribution < 1.29 is 4.79 Å². The molecule has 4 aromatic rings. The van der Waals surface area contributed by atoms with Crippen molar-refractivity contribution in [3.8, 4) is 0 Å². The van der Waals surface area contributed by atoms with Crippen molar-refractivity contribution in [1.29, 1.82) is 0 Å². The number of nitrogens with one attached hydrogen (secondary N) is 3. The molecule has 1 aliphatic rings. The van der Waals surface area contributed by atoms with Crippen LogP contribution in [0.3, 0.4) is 0 Å². The molecule has 0 radical (unpaired) electrons. The minimum Gasteiger partial charge on any atom is -0.355 e. The number of urea groups is 1. The van der Waals surface area contributed by atoms with Crippen LogP contribution < -0.4 is 10.6 Å². The molecule has 0 aliphatic carbocycles. The Morgan fingerprint density at radius 1 is 1.27 bits per heavy atom. The van der Waals surface area contributed by atoms with Gasteiger partial charge >= 0.3 is 6.03 Å². The number of nitrogens with zero attached hydrogens (tertiary/aromatic N) is 3. The Bertz CT molecular complexity index is 1260. The summed E-state index contributed by atoms with van der Waals surface area (Å²) in [6.07, 6.45) is 4.74. The summed E-state index contributed by atoms with van der Waals surface area (Å²) >= 11 is 1.63. The molecule has 152 valence electrons. The summed E-state index contributed by atoms with van der Waals surface area (Å²) in [5.41, 5.74) is 8.03. The monoisotopic (exact) mass is 418 g/mol. The minimum atomic E-state index is -0.00416. The summed E-state index contributed by atoms with van der Waals surface area (Å²) in [6, 6.07) is 10.3. The fourth-order valence-electron chi connectivity index (χ4n) is 3.76. The van der Waals surface area contributed by atoms with Gasteiger partial charge in [0, 0.05) is 42.6 Å². The lowest BCUT2D eigenvalue weighted by atomic mass is 10.0. The van der Waals surface area contributed by atoms with Crippen LogP contribution in [0.1, 0.15) is 19.0 Å². The normalized spacial score (nSPS) is 14.2. The van der Waals surface area contributed by atoms with Gasteiger partial charge in [0.1, 0.15) is 5.65 Å². The first-order valence-electron chi connectivity index (χ1n) is 10.0. The van der Waals surface area contributed by atoms with Gasteiger partial charge in [-0.2, -0.15) is 0 Å². The highest BCUT2D eigenvalue weighted by atomic mass is 32.1. The standard InChI is InChI=1S/C22H22N6OS/c1-2-23-22(29)28-9-6-14(7-10-28)19-12-16-17(5-8-24-21(16)27-19)26-15-3-4-18-20(11-15)30-13-25-18/h3-6,8,11-13H,2,7,9-10H2,1H3,(H,23,29)(H2,24,26,27). The van der Waals surface area contributed by atoms with Crippen molar-refractivity contribution >= 4 is 55.6 Å². The molecule has 30 heavy (non-hydrogen) atoms. The van der Waals surface area contributed by atoms with Crippen molar-refractivity contribution in [3.63, 3.8) is 0 Å². The number of carbonyl (C=O) groups excluding carboxylic acids is 1. The summed E-state index contributed by atoms with van der Waals surface area (Å²) in [5.74, 6) is 0. The van der Waals surface area contributed by atoms with E-state index in [2.05, 4.69) is 43.8 Å². The van der Waals surface area contributed by atoms with Gasteiger partial charge in [0.05, 0.1) is 21.4 Å². The molecular formula is C22H22N6OS. The molecule has 3 aromatic heterocycles.